The zero-order chi connectivity index (χ0) is 33.9. The van der Waals surface area contributed by atoms with Crippen LogP contribution in [0.4, 0.5) is 5.95 Å². The lowest BCUT2D eigenvalue weighted by Gasteiger charge is -2.40. The van der Waals surface area contributed by atoms with Crippen LogP contribution in [-0.4, -0.2) is 82.4 Å². The second-order valence-electron chi connectivity index (χ2n) is 12.0. The zero-order valence-corrected chi connectivity index (χ0v) is 28.8. The van der Waals surface area contributed by atoms with Crippen molar-refractivity contribution in [2.45, 2.75) is 30.3 Å². The van der Waals surface area contributed by atoms with Crippen LogP contribution in [0.1, 0.15) is 29.3 Å². The summed E-state index contributed by atoms with van der Waals surface area (Å²) in [5.74, 6) is 0.140. The van der Waals surface area contributed by atoms with E-state index in [2.05, 4.69) is 61.7 Å². The van der Waals surface area contributed by atoms with Gasteiger partial charge in [-0.3, -0.25) is 24.2 Å². The molecule has 0 saturated carbocycles. The molecule has 1 fully saturated rings. The Balaban J connectivity index is 1.46. The van der Waals surface area contributed by atoms with Crippen LogP contribution < -0.4 is 10.9 Å². The van der Waals surface area contributed by atoms with Gasteiger partial charge in [-0.25, -0.2) is 14.6 Å². The molecule has 3 heterocycles. The molecule has 12 nitrogen and oxygen atoms in total. The maximum absolute atomic E-state index is 13.1. The van der Waals surface area contributed by atoms with Crippen molar-refractivity contribution in [2.75, 3.05) is 34.8 Å². The summed E-state index contributed by atoms with van der Waals surface area (Å²) in [5, 5.41) is 3.99. The summed E-state index contributed by atoms with van der Waals surface area (Å²) in [5.41, 5.74) is 2.31. The van der Waals surface area contributed by atoms with Crippen LogP contribution in [0.2, 0.25) is 0 Å². The molecule has 6 rings (SSSR count). The summed E-state index contributed by atoms with van der Waals surface area (Å²) in [4.78, 5) is 30.6. The van der Waals surface area contributed by atoms with E-state index >= 15 is 0 Å². The first-order valence-electron chi connectivity index (χ1n) is 15.5. The van der Waals surface area contributed by atoms with Crippen molar-refractivity contribution < 1.29 is 13.8 Å². The molecule has 0 amide bonds. The number of rotatable bonds is 12. The van der Waals surface area contributed by atoms with E-state index in [9.17, 15) is 9.36 Å². The Morgan fingerprint density at radius 1 is 1.02 bits per heavy atom. The average molecular weight is 689 g/mol. The second kappa shape index (κ2) is 14.1. The molecule has 0 spiro atoms. The minimum atomic E-state index is -3.62. The molecule has 14 heteroatoms. The van der Waals surface area contributed by atoms with Crippen LogP contribution in [-0.2, 0) is 19.4 Å². The van der Waals surface area contributed by atoms with Gasteiger partial charge in [-0.1, -0.05) is 91.0 Å². The van der Waals surface area contributed by atoms with E-state index in [4.69, 9.17) is 20.5 Å². The number of hydrogen-bond acceptors (Lipinski definition) is 8. The Morgan fingerprint density at radius 2 is 1.58 bits per heavy atom. The van der Waals surface area contributed by atoms with E-state index in [0.717, 1.165) is 16.7 Å². The number of imidazole rings is 1. The standard InChI is InChI=1S/C34H38ClN8O4P/c1-41(2)22-37-33-38-31-30(32(44)39-33)36-23-43(31)29-20-27(28(47-29)21-46-48(35,45)42(3)4)40-34(24-14-8-5-9-15-24,25-16-10-6-11-17-25)26-18-12-7-13-19-26/h5-19,22-23,27-29,40H,20-21H2,1-4H3,(H,38,39,44). The number of aromatic nitrogens is 4. The van der Waals surface area contributed by atoms with E-state index in [1.807, 2.05) is 68.7 Å². The number of fused-ring (bicyclic) bond motifs is 1. The molecule has 0 bridgehead atoms. The number of H-pyrrole nitrogens is 1. The Morgan fingerprint density at radius 3 is 2.10 bits per heavy atom. The molecule has 2 aromatic heterocycles. The molecule has 1 aliphatic rings. The monoisotopic (exact) mass is 688 g/mol. The highest BCUT2D eigenvalue weighted by Crippen LogP contribution is 2.54. The Bertz CT molecular complexity index is 1870. The third kappa shape index (κ3) is 6.86. The van der Waals surface area contributed by atoms with Crippen molar-refractivity contribution in [2.24, 2.45) is 4.99 Å². The highest BCUT2D eigenvalue weighted by molar-refractivity contribution is 7.83. The number of nitrogens with one attached hydrogen (secondary N) is 2. The number of aliphatic imine (C=N–C) groups is 1. The molecule has 4 atom stereocenters. The normalized spacial score (nSPS) is 19.7. The van der Waals surface area contributed by atoms with Gasteiger partial charge in [0.2, 0.25) is 5.95 Å². The zero-order valence-electron chi connectivity index (χ0n) is 27.1. The summed E-state index contributed by atoms with van der Waals surface area (Å²) >= 11 is 6.32. The van der Waals surface area contributed by atoms with Crippen LogP contribution in [0.3, 0.4) is 0 Å². The maximum atomic E-state index is 13.1. The van der Waals surface area contributed by atoms with Gasteiger partial charge in [0.1, 0.15) is 6.23 Å². The lowest BCUT2D eigenvalue weighted by molar-refractivity contribution is -0.0215. The van der Waals surface area contributed by atoms with Crippen molar-refractivity contribution >= 4 is 41.6 Å². The summed E-state index contributed by atoms with van der Waals surface area (Å²) in [6.07, 6.45) is 2.28. The fourth-order valence-corrected chi connectivity index (χ4v) is 6.67. The van der Waals surface area contributed by atoms with Gasteiger partial charge in [0.15, 0.2) is 11.2 Å². The summed E-state index contributed by atoms with van der Waals surface area (Å²) < 4.78 is 28.7. The van der Waals surface area contributed by atoms with Crippen LogP contribution >= 0.6 is 18.1 Å². The number of hydrogen-bond donors (Lipinski definition) is 2. The molecule has 250 valence electrons. The van der Waals surface area contributed by atoms with E-state index in [1.165, 1.54) is 4.67 Å². The molecule has 2 N–H and O–H groups in total. The number of halogens is 1. The smallest absolute Gasteiger partial charge is 0.362 e. The molecular formula is C34H38ClN8O4P. The lowest BCUT2D eigenvalue weighted by atomic mass is 9.76. The molecule has 3 aromatic carbocycles. The van der Waals surface area contributed by atoms with Gasteiger partial charge < -0.3 is 14.2 Å². The minimum Gasteiger partial charge on any atom is -0.369 e. The Hall–Kier alpha value is -4.16. The Kier molecular flexibility index (Phi) is 9.93. The number of aromatic amines is 1. The minimum absolute atomic E-state index is 0.0689. The van der Waals surface area contributed by atoms with Crippen molar-refractivity contribution in [3.8, 4) is 0 Å². The summed E-state index contributed by atoms with van der Waals surface area (Å²) in [7, 11) is 6.85. The predicted molar refractivity (Wildman–Crippen MR) is 188 cm³/mol. The van der Waals surface area contributed by atoms with E-state index in [1.54, 1.807) is 36.2 Å². The second-order valence-corrected chi connectivity index (χ2v) is 15.2. The van der Waals surface area contributed by atoms with E-state index in [-0.39, 0.29) is 24.1 Å². The molecule has 1 aliphatic heterocycles. The number of benzene rings is 3. The maximum Gasteiger partial charge on any atom is 0.362 e. The molecule has 0 aliphatic carbocycles. The fourth-order valence-electron chi connectivity index (χ4n) is 5.94. The SMILES string of the molecule is CN(C)C=Nc1nc2c(ncn2C2CC(NC(c3ccccc3)(c3ccccc3)c3ccccc3)C(COP(=O)(Cl)N(C)C)O2)c(=O)[nH]1. The van der Waals surface area contributed by atoms with Gasteiger partial charge in [-0.15, -0.1) is 0 Å². The predicted octanol–water partition coefficient (Wildman–Crippen LogP) is 5.50. The highest BCUT2D eigenvalue weighted by Gasteiger charge is 2.45. The van der Waals surface area contributed by atoms with Gasteiger partial charge in [-0.2, -0.15) is 4.98 Å². The third-order valence-electron chi connectivity index (χ3n) is 8.28. The molecule has 4 unspecified atom stereocenters. The average Bonchev–Trinajstić information content (AvgIpc) is 3.70. The molecule has 1 saturated heterocycles. The number of ether oxygens (including phenoxy) is 1. The first kappa shape index (κ1) is 33.7. The fraction of sp³-hybridized carbons (Fsp3) is 0.294. The van der Waals surface area contributed by atoms with Gasteiger partial charge in [0.25, 0.3) is 5.56 Å². The quantitative estimate of drug-likeness (QED) is 0.0755. The molecule has 0 radical (unpaired) electrons. The Labute approximate surface area is 283 Å². The van der Waals surface area contributed by atoms with E-state index in [0.29, 0.717) is 12.1 Å². The van der Waals surface area contributed by atoms with Crippen LogP contribution in [0.15, 0.2) is 107 Å². The summed E-state index contributed by atoms with van der Waals surface area (Å²) in [6, 6.07) is 30.3. The van der Waals surface area contributed by atoms with E-state index < -0.39 is 30.3 Å². The van der Waals surface area contributed by atoms with Crippen LogP contribution in [0, 0.1) is 0 Å². The molecule has 48 heavy (non-hydrogen) atoms. The third-order valence-corrected chi connectivity index (χ3v) is 10.9. The van der Waals surface area contributed by atoms with Crippen molar-refractivity contribution in [1.29, 1.82) is 0 Å². The van der Waals surface area contributed by atoms with Crippen LogP contribution in [0.25, 0.3) is 11.2 Å². The largest absolute Gasteiger partial charge is 0.369 e. The molecule has 5 aromatic rings. The van der Waals surface area contributed by atoms with Crippen molar-refractivity contribution in [3.63, 3.8) is 0 Å². The van der Waals surface area contributed by atoms with Crippen molar-refractivity contribution in [1.82, 2.24) is 34.4 Å². The van der Waals surface area contributed by atoms with Gasteiger partial charge >= 0.3 is 6.87 Å². The first-order chi connectivity index (χ1) is 23.1. The topological polar surface area (TPSA) is 130 Å². The lowest BCUT2D eigenvalue weighted by Crippen LogP contribution is -2.53. The van der Waals surface area contributed by atoms with Gasteiger partial charge in [-0.05, 0) is 42.0 Å². The highest BCUT2D eigenvalue weighted by atomic mass is 35.7. The first-order valence-corrected chi connectivity index (χ1v) is 18.0. The van der Waals surface area contributed by atoms with Crippen molar-refractivity contribution in [3.05, 3.63) is 124 Å². The van der Waals surface area contributed by atoms with Gasteiger partial charge in [0.05, 0.1) is 30.9 Å². The molecular weight excluding hydrogens is 651 g/mol. The van der Waals surface area contributed by atoms with Gasteiger partial charge in [0, 0.05) is 26.6 Å². The summed E-state index contributed by atoms with van der Waals surface area (Å²) in [6.45, 7) is -3.68. The van der Waals surface area contributed by atoms with Crippen LogP contribution in [0.5, 0.6) is 0 Å². The number of nitrogens with zero attached hydrogens (tertiary/aromatic N) is 6.